The van der Waals surface area contributed by atoms with Gasteiger partial charge in [0.25, 0.3) is 0 Å². The fraction of sp³-hybridized carbons (Fsp3) is 0.545. The molecule has 5 heteroatoms. The maximum atomic E-state index is 11.2. The average Bonchev–Trinajstić information content (AvgIpc) is 2.25. The van der Waals surface area contributed by atoms with Crippen molar-refractivity contribution in [2.45, 2.75) is 26.7 Å². The minimum atomic E-state index is -0.507. The van der Waals surface area contributed by atoms with Gasteiger partial charge in [0.2, 0.25) is 0 Å². The molecule has 2 N–H and O–H groups in total. The van der Waals surface area contributed by atoms with E-state index in [1.165, 1.54) is 13.3 Å². The van der Waals surface area contributed by atoms with Crippen LogP contribution in [-0.2, 0) is 11.2 Å². The molecule has 0 aliphatic carbocycles. The fourth-order valence-electron chi connectivity index (χ4n) is 1.24. The van der Waals surface area contributed by atoms with Crippen molar-refractivity contribution in [3.8, 4) is 0 Å². The number of methoxy groups -OCH3 is 1. The number of hydrogen-bond donors (Lipinski definition) is 1. The third kappa shape index (κ3) is 3.18. The van der Waals surface area contributed by atoms with Crippen molar-refractivity contribution in [3.05, 3.63) is 17.6 Å². The van der Waals surface area contributed by atoms with E-state index in [1.54, 1.807) is 0 Å². The van der Waals surface area contributed by atoms with E-state index in [2.05, 4.69) is 28.6 Å². The second kappa shape index (κ2) is 5.44. The van der Waals surface area contributed by atoms with E-state index in [0.29, 0.717) is 11.7 Å². The lowest BCUT2D eigenvalue weighted by Crippen LogP contribution is -2.10. The summed E-state index contributed by atoms with van der Waals surface area (Å²) in [7, 11) is 1.30. The topological polar surface area (TPSA) is 78.1 Å². The molecule has 1 aromatic heterocycles. The molecule has 1 rings (SSSR count). The van der Waals surface area contributed by atoms with Gasteiger partial charge in [0.15, 0.2) is 0 Å². The summed E-state index contributed by atoms with van der Waals surface area (Å²) in [6.45, 7) is 4.26. The predicted molar refractivity (Wildman–Crippen MR) is 60.9 cm³/mol. The molecule has 0 saturated carbocycles. The van der Waals surface area contributed by atoms with E-state index in [4.69, 9.17) is 5.73 Å². The van der Waals surface area contributed by atoms with Crippen LogP contribution in [0.4, 0.5) is 5.82 Å². The van der Waals surface area contributed by atoms with Crippen molar-refractivity contribution in [1.29, 1.82) is 0 Å². The van der Waals surface area contributed by atoms with Crippen LogP contribution in [0.5, 0.6) is 0 Å². The summed E-state index contributed by atoms with van der Waals surface area (Å²) >= 11 is 0. The van der Waals surface area contributed by atoms with Gasteiger partial charge in [-0.1, -0.05) is 13.8 Å². The van der Waals surface area contributed by atoms with E-state index >= 15 is 0 Å². The van der Waals surface area contributed by atoms with Gasteiger partial charge in [-0.05, 0) is 12.3 Å². The van der Waals surface area contributed by atoms with Crippen LogP contribution in [0.15, 0.2) is 6.20 Å². The molecule has 0 aliphatic heterocycles. The molecule has 1 heterocycles. The van der Waals surface area contributed by atoms with Crippen molar-refractivity contribution >= 4 is 11.8 Å². The molecular formula is C11H17N3O2. The number of nitrogens with zero attached hydrogens (tertiary/aromatic N) is 2. The molecule has 0 bridgehead atoms. The zero-order chi connectivity index (χ0) is 12.1. The molecule has 88 valence electrons. The molecule has 0 aliphatic rings. The Bertz CT molecular complexity index is 377. The first-order chi connectivity index (χ1) is 7.54. The van der Waals surface area contributed by atoms with Gasteiger partial charge >= 0.3 is 5.97 Å². The standard InChI is InChI=1S/C11H17N3O2/c1-7(2)4-5-9-13-6-8(10(12)14-9)11(15)16-3/h6-7H,4-5H2,1-3H3,(H2,12,13,14). The second-order valence-corrected chi connectivity index (χ2v) is 4.01. The summed E-state index contributed by atoms with van der Waals surface area (Å²) in [6, 6.07) is 0. The Balaban J connectivity index is 2.78. The van der Waals surface area contributed by atoms with Gasteiger partial charge in [0.05, 0.1) is 7.11 Å². The number of nitrogen functional groups attached to an aromatic ring is 1. The van der Waals surface area contributed by atoms with Gasteiger partial charge in [-0.25, -0.2) is 14.8 Å². The van der Waals surface area contributed by atoms with Crippen molar-refractivity contribution in [1.82, 2.24) is 9.97 Å². The average molecular weight is 223 g/mol. The number of carbonyl (C=O) groups is 1. The highest BCUT2D eigenvalue weighted by molar-refractivity contribution is 5.93. The lowest BCUT2D eigenvalue weighted by atomic mass is 10.1. The minimum Gasteiger partial charge on any atom is -0.465 e. The number of anilines is 1. The highest BCUT2D eigenvalue weighted by atomic mass is 16.5. The van der Waals surface area contributed by atoms with Crippen LogP contribution in [0.3, 0.4) is 0 Å². The Morgan fingerprint density at radius 3 is 2.75 bits per heavy atom. The number of nitrogens with two attached hydrogens (primary N) is 1. The highest BCUT2D eigenvalue weighted by Crippen LogP contribution is 2.11. The summed E-state index contributed by atoms with van der Waals surface area (Å²) in [5.74, 6) is 0.928. The van der Waals surface area contributed by atoms with E-state index < -0.39 is 5.97 Å². The molecular weight excluding hydrogens is 206 g/mol. The molecule has 5 nitrogen and oxygen atoms in total. The Morgan fingerprint density at radius 2 is 2.25 bits per heavy atom. The van der Waals surface area contributed by atoms with E-state index in [9.17, 15) is 4.79 Å². The zero-order valence-electron chi connectivity index (χ0n) is 9.86. The predicted octanol–water partition coefficient (Wildman–Crippen LogP) is 1.43. The Hall–Kier alpha value is -1.65. The van der Waals surface area contributed by atoms with Crippen LogP contribution in [0.1, 0.15) is 36.5 Å². The number of carbonyl (C=O) groups excluding carboxylic acids is 1. The molecule has 16 heavy (non-hydrogen) atoms. The fourth-order valence-corrected chi connectivity index (χ4v) is 1.24. The van der Waals surface area contributed by atoms with E-state index in [0.717, 1.165) is 12.8 Å². The number of hydrogen-bond acceptors (Lipinski definition) is 5. The molecule has 0 spiro atoms. The summed E-state index contributed by atoms with van der Waals surface area (Å²) in [5.41, 5.74) is 5.87. The Morgan fingerprint density at radius 1 is 1.56 bits per heavy atom. The minimum absolute atomic E-state index is 0.181. The lowest BCUT2D eigenvalue weighted by Gasteiger charge is -2.06. The van der Waals surface area contributed by atoms with Crippen molar-refractivity contribution < 1.29 is 9.53 Å². The van der Waals surface area contributed by atoms with Crippen LogP contribution >= 0.6 is 0 Å². The van der Waals surface area contributed by atoms with E-state index in [1.807, 2.05) is 0 Å². The summed E-state index contributed by atoms with van der Waals surface area (Å²) in [4.78, 5) is 19.4. The Kier molecular flexibility index (Phi) is 4.22. The lowest BCUT2D eigenvalue weighted by molar-refractivity contribution is 0.0601. The van der Waals surface area contributed by atoms with Crippen LogP contribution < -0.4 is 5.73 Å². The van der Waals surface area contributed by atoms with Crippen LogP contribution in [0, 0.1) is 5.92 Å². The third-order valence-corrected chi connectivity index (χ3v) is 2.22. The second-order valence-electron chi connectivity index (χ2n) is 4.01. The summed E-state index contributed by atoms with van der Waals surface area (Å²) in [6.07, 6.45) is 3.18. The summed E-state index contributed by atoms with van der Waals surface area (Å²) < 4.78 is 4.56. The monoisotopic (exact) mass is 223 g/mol. The summed E-state index contributed by atoms with van der Waals surface area (Å²) in [5, 5.41) is 0. The van der Waals surface area contributed by atoms with E-state index in [-0.39, 0.29) is 11.4 Å². The van der Waals surface area contributed by atoms with Crippen LogP contribution in [-0.4, -0.2) is 23.0 Å². The van der Waals surface area contributed by atoms with Crippen molar-refractivity contribution in [2.75, 3.05) is 12.8 Å². The van der Waals surface area contributed by atoms with Gasteiger partial charge in [-0.2, -0.15) is 0 Å². The maximum Gasteiger partial charge on any atom is 0.343 e. The first kappa shape index (κ1) is 12.4. The smallest absolute Gasteiger partial charge is 0.343 e. The van der Waals surface area contributed by atoms with Gasteiger partial charge < -0.3 is 10.5 Å². The van der Waals surface area contributed by atoms with Crippen LogP contribution in [0.25, 0.3) is 0 Å². The maximum absolute atomic E-state index is 11.2. The molecule has 0 unspecified atom stereocenters. The molecule has 0 saturated heterocycles. The highest BCUT2D eigenvalue weighted by Gasteiger charge is 2.12. The normalized spacial score (nSPS) is 10.5. The number of esters is 1. The SMILES string of the molecule is COC(=O)c1cnc(CCC(C)C)nc1N. The largest absolute Gasteiger partial charge is 0.465 e. The zero-order valence-corrected chi connectivity index (χ0v) is 9.86. The number of aromatic nitrogens is 2. The van der Waals surface area contributed by atoms with Crippen molar-refractivity contribution in [3.63, 3.8) is 0 Å². The number of aryl methyl sites for hydroxylation is 1. The molecule has 0 fully saturated rings. The van der Waals surface area contributed by atoms with Gasteiger partial charge in [-0.15, -0.1) is 0 Å². The van der Waals surface area contributed by atoms with Gasteiger partial charge in [0, 0.05) is 12.6 Å². The van der Waals surface area contributed by atoms with Crippen LogP contribution in [0.2, 0.25) is 0 Å². The number of ether oxygens (including phenoxy) is 1. The first-order valence-corrected chi connectivity index (χ1v) is 5.24. The molecule has 0 atom stereocenters. The third-order valence-electron chi connectivity index (χ3n) is 2.22. The van der Waals surface area contributed by atoms with Gasteiger partial charge in [-0.3, -0.25) is 0 Å². The van der Waals surface area contributed by atoms with Crippen molar-refractivity contribution in [2.24, 2.45) is 5.92 Å². The molecule has 1 aromatic rings. The molecule has 0 radical (unpaired) electrons. The number of rotatable bonds is 4. The van der Waals surface area contributed by atoms with Gasteiger partial charge in [0.1, 0.15) is 17.2 Å². The quantitative estimate of drug-likeness (QED) is 0.781. The molecule has 0 amide bonds. The first-order valence-electron chi connectivity index (χ1n) is 5.24. The molecule has 0 aromatic carbocycles. The Labute approximate surface area is 95.0 Å².